The van der Waals surface area contributed by atoms with Crippen LogP contribution in [0.5, 0.6) is 0 Å². The van der Waals surface area contributed by atoms with Crippen LogP contribution in [0.4, 0.5) is 0 Å². The molecule has 0 heterocycles. The van der Waals surface area contributed by atoms with Gasteiger partial charge in [-0.05, 0) is 0 Å². The van der Waals surface area contributed by atoms with Crippen LogP contribution in [0, 0.1) is 5.41 Å². The van der Waals surface area contributed by atoms with E-state index in [1.807, 2.05) is 0 Å². The van der Waals surface area contributed by atoms with E-state index in [-0.39, 0.29) is 5.61 Å². The van der Waals surface area contributed by atoms with Crippen LogP contribution in [-0.2, 0) is 4.70 Å². The van der Waals surface area contributed by atoms with Gasteiger partial charge in [0.25, 0.3) is 0 Å². The van der Waals surface area contributed by atoms with Gasteiger partial charge in [-0.2, -0.15) is 0 Å². The molecule has 0 unspecified atom stereocenters. The van der Waals surface area contributed by atoms with Gasteiger partial charge in [-0.15, -0.1) is 0 Å². The molecule has 50 valence electrons. The standard InChI is InChI=1S/C6H12BNO/c1-2-3-4-5-6(8)7-9/h8H,2-5H2,1H3. The SMILES string of the molecule is CCCCCC(=N)B=O. The van der Waals surface area contributed by atoms with Crippen molar-refractivity contribution in [2.24, 2.45) is 0 Å². The Morgan fingerprint density at radius 1 is 1.56 bits per heavy atom. The average molecular weight is 125 g/mol. The van der Waals surface area contributed by atoms with E-state index in [9.17, 15) is 4.70 Å². The quantitative estimate of drug-likeness (QED) is 0.338. The molecule has 0 aliphatic rings. The first-order chi connectivity index (χ1) is 4.31. The molecule has 0 atom stereocenters. The maximum atomic E-state index is 9.87. The number of rotatable bonds is 5. The van der Waals surface area contributed by atoms with Crippen molar-refractivity contribution in [3.8, 4) is 0 Å². The molecule has 2 nitrogen and oxygen atoms in total. The third kappa shape index (κ3) is 5.41. The molecule has 3 heteroatoms. The molecule has 0 fully saturated rings. The minimum absolute atomic E-state index is 0.225. The first-order valence-corrected chi connectivity index (χ1v) is 3.34. The molecule has 0 radical (unpaired) electrons. The molecule has 0 aromatic heterocycles. The van der Waals surface area contributed by atoms with Crippen molar-refractivity contribution in [1.82, 2.24) is 0 Å². The van der Waals surface area contributed by atoms with Crippen molar-refractivity contribution in [2.75, 3.05) is 0 Å². The fraction of sp³-hybridized carbons (Fsp3) is 0.833. The van der Waals surface area contributed by atoms with Crippen LogP contribution in [0.25, 0.3) is 0 Å². The van der Waals surface area contributed by atoms with Crippen molar-refractivity contribution >= 4 is 12.8 Å². The van der Waals surface area contributed by atoms with Gasteiger partial charge in [-0.3, -0.25) is 0 Å². The molecule has 0 saturated carbocycles. The molecular formula is C6H12BNO. The van der Waals surface area contributed by atoms with Crippen LogP contribution in [0.3, 0.4) is 0 Å². The van der Waals surface area contributed by atoms with Crippen molar-refractivity contribution in [3.63, 3.8) is 0 Å². The topological polar surface area (TPSA) is 40.9 Å². The molecule has 0 bridgehead atoms. The Morgan fingerprint density at radius 3 is 2.67 bits per heavy atom. The molecule has 0 aliphatic carbocycles. The second-order valence-electron chi connectivity index (χ2n) is 2.10. The van der Waals surface area contributed by atoms with E-state index >= 15 is 0 Å². The Morgan fingerprint density at radius 2 is 2.22 bits per heavy atom. The molecule has 0 aromatic rings. The zero-order valence-electron chi connectivity index (χ0n) is 5.81. The second-order valence-corrected chi connectivity index (χ2v) is 2.10. The molecule has 0 aliphatic heterocycles. The Balaban J connectivity index is 3.07. The summed E-state index contributed by atoms with van der Waals surface area (Å²) < 4.78 is 9.87. The number of hydrogen-bond acceptors (Lipinski definition) is 2. The van der Waals surface area contributed by atoms with Crippen LogP contribution in [-0.4, -0.2) is 12.8 Å². The van der Waals surface area contributed by atoms with E-state index < -0.39 is 0 Å². The molecule has 0 aromatic carbocycles. The van der Waals surface area contributed by atoms with Crippen molar-refractivity contribution in [2.45, 2.75) is 32.6 Å². The number of hydrogen-bond donors (Lipinski definition) is 1. The Hall–Kier alpha value is -0.465. The maximum absolute atomic E-state index is 9.87. The van der Waals surface area contributed by atoms with Gasteiger partial charge >= 0.3 is 55.5 Å². The van der Waals surface area contributed by atoms with Gasteiger partial charge in [0.1, 0.15) is 0 Å². The minimum atomic E-state index is 0.225. The fourth-order valence-electron chi connectivity index (χ4n) is 0.624. The Bertz CT molecular complexity index is 103. The van der Waals surface area contributed by atoms with Gasteiger partial charge in [-0.25, -0.2) is 0 Å². The molecule has 0 saturated heterocycles. The van der Waals surface area contributed by atoms with E-state index in [4.69, 9.17) is 5.41 Å². The molecular weight excluding hydrogens is 113 g/mol. The van der Waals surface area contributed by atoms with Gasteiger partial charge in [0.2, 0.25) is 0 Å². The van der Waals surface area contributed by atoms with Crippen LogP contribution in [0.15, 0.2) is 0 Å². The fourth-order valence-corrected chi connectivity index (χ4v) is 0.624. The number of unbranched alkanes of at least 4 members (excludes halogenated alkanes) is 2. The zero-order chi connectivity index (χ0) is 7.11. The van der Waals surface area contributed by atoms with Crippen molar-refractivity contribution in [3.05, 3.63) is 0 Å². The van der Waals surface area contributed by atoms with E-state index in [2.05, 4.69) is 6.92 Å². The molecule has 0 amide bonds. The summed E-state index contributed by atoms with van der Waals surface area (Å²) in [5, 5.41) is 6.95. The Labute approximate surface area is 56.4 Å². The first-order valence-electron chi connectivity index (χ1n) is 3.34. The summed E-state index contributed by atoms with van der Waals surface area (Å²) >= 11 is 0. The van der Waals surface area contributed by atoms with Crippen LogP contribution < -0.4 is 0 Å². The number of nitrogens with one attached hydrogen (secondary N) is 1. The van der Waals surface area contributed by atoms with E-state index in [0.717, 1.165) is 19.3 Å². The van der Waals surface area contributed by atoms with Crippen molar-refractivity contribution in [1.29, 1.82) is 5.41 Å². The summed E-state index contributed by atoms with van der Waals surface area (Å²) in [7, 11) is 0.621. The van der Waals surface area contributed by atoms with E-state index in [0.29, 0.717) is 13.6 Å². The summed E-state index contributed by atoms with van der Waals surface area (Å²) in [6.45, 7) is 2.10. The van der Waals surface area contributed by atoms with E-state index in [1.54, 1.807) is 0 Å². The van der Waals surface area contributed by atoms with E-state index in [1.165, 1.54) is 0 Å². The van der Waals surface area contributed by atoms with Gasteiger partial charge in [0.15, 0.2) is 0 Å². The predicted octanol–water partition coefficient (Wildman–Crippen LogP) is 1.59. The normalized spacial score (nSPS) is 8.56. The third-order valence-corrected chi connectivity index (χ3v) is 1.19. The zero-order valence-corrected chi connectivity index (χ0v) is 5.81. The van der Waals surface area contributed by atoms with Gasteiger partial charge in [0, 0.05) is 0 Å². The summed E-state index contributed by atoms with van der Waals surface area (Å²) in [6.07, 6.45) is 3.90. The summed E-state index contributed by atoms with van der Waals surface area (Å²) in [6, 6.07) is 0. The van der Waals surface area contributed by atoms with Crippen LogP contribution >= 0.6 is 0 Å². The van der Waals surface area contributed by atoms with Crippen LogP contribution in [0.2, 0.25) is 0 Å². The molecule has 0 rings (SSSR count). The predicted molar refractivity (Wildman–Crippen MR) is 38.3 cm³/mol. The van der Waals surface area contributed by atoms with Crippen LogP contribution in [0.1, 0.15) is 32.6 Å². The average Bonchev–Trinajstić information content (AvgIpc) is 1.89. The first kappa shape index (κ1) is 8.53. The Kier molecular flexibility index (Phi) is 5.37. The third-order valence-electron chi connectivity index (χ3n) is 1.19. The summed E-state index contributed by atoms with van der Waals surface area (Å²) in [5.74, 6) is 0. The van der Waals surface area contributed by atoms with Gasteiger partial charge in [0.05, 0.1) is 0 Å². The van der Waals surface area contributed by atoms with Gasteiger partial charge in [-0.1, -0.05) is 0 Å². The summed E-state index contributed by atoms with van der Waals surface area (Å²) in [4.78, 5) is 0. The molecule has 1 N–H and O–H groups in total. The van der Waals surface area contributed by atoms with Crippen molar-refractivity contribution < 1.29 is 4.70 Å². The second kappa shape index (κ2) is 5.67. The van der Waals surface area contributed by atoms with Gasteiger partial charge < -0.3 is 0 Å². The molecule has 9 heavy (non-hydrogen) atoms. The monoisotopic (exact) mass is 125 g/mol. The molecule has 0 spiro atoms. The summed E-state index contributed by atoms with van der Waals surface area (Å²) in [5.41, 5.74) is 0.225.